The number of hydrogen-bond acceptors (Lipinski definition) is 7. The van der Waals surface area contributed by atoms with Crippen LogP contribution in [0.4, 0.5) is 11.4 Å². The lowest BCUT2D eigenvalue weighted by Gasteiger charge is -2.36. The molecule has 1 aliphatic rings. The van der Waals surface area contributed by atoms with Gasteiger partial charge in [0.25, 0.3) is 0 Å². The van der Waals surface area contributed by atoms with E-state index >= 15 is 0 Å². The van der Waals surface area contributed by atoms with Gasteiger partial charge in [-0.15, -0.1) is 0 Å². The summed E-state index contributed by atoms with van der Waals surface area (Å²) in [5.74, 6) is 1.08. The first-order chi connectivity index (χ1) is 15.5. The van der Waals surface area contributed by atoms with Crippen molar-refractivity contribution in [2.24, 2.45) is 0 Å². The van der Waals surface area contributed by atoms with Gasteiger partial charge in [-0.3, -0.25) is 0 Å². The third-order valence-corrected chi connectivity index (χ3v) is 7.61. The Hall–Kier alpha value is -2.16. The summed E-state index contributed by atoms with van der Waals surface area (Å²) in [6.07, 6.45) is 3.36. The summed E-state index contributed by atoms with van der Waals surface area (Å²) in [7, 11) is 3.92. The molecule has 0 aliphatic carbocycles. The largest absolute Gasteiger partial charge is 0.493 e. The Kier molecular flexibility index (Phi) is 8.03. The molecule has 9 heteroatoms. The minimum Gasteiger partial charge on any atom is -0.493 e. The minimum atomic E-state index is -3.44. The topological polar surface area (TPSA) is 71.1 Å². The summed E-state index contributed by atoms with van der Waals surface area (Å²) in [6, 6.07) is 9.28. The fourth-order valence-electron chi connectivity index (χ4n) is 4.38. The molecule has 1 saturated heterocycles. The van der Waals surface area contributed by atoms with E-state index in [1.54, 1.807) is 32.4 Å². The van der Waals surface area contributed by atoms with E-state index in [4.69, 9.17) is 21.1 Å². The summed E-state index contributed by atoms with van der Waals surface area (Å²) in [5, 5.41) is 3.90. The first-order valence-corrected chi connectivity index (χ1v) is 13.3. The van der Waals surface area contributed by atoms with Crippen molar-refractivity contribution < 1.29 is 17.9 Å². The number of piperidine rings is 1. The van der Waals surface area contributed by atoms with Gasteiger partial charge in [0.15, 0.2) is 21.3 Å². The van der Waals surface area contributed by atoms with E-state index < -0.39 is 9.84 Å². The Morgan fingerprint density at radius 3 is 2.33 bits per heavy atom. The molecule has 0 radical (unpaired) electrons. The highest BCUT2D eigenvalue weighted by Crippen LogP contribution is 2.40. The first kappa shape index (κ1) is 25.5. The Balaban J connectivity index is 1.95. The molecule has 0 bridgehead atoms. The highest BCUT2D eigenvalue weighted by atomic mass is 35.5. The zero-order chi connectivity index (χ0) is 24.3. The summed E-state index contributed by atoms with van der Waals surface area (Å²) < 4.78 is 36.0. The maximum absolute atomic E-state index is 12.5. The van der Waals surface area contributed by atoms with Gasteiger partial charge in [-0.2, -0.15) is 0 Å². The SMILES string of the molecule is COc1cc(Cl)cc(C(C)Nc2cc(N3CCC(N(C)C)CC3)ccc2S(C)(=O)=O)c1OC. The molecule has 3 rings (SSSR count). The normalized spacial score (nSPS) is 16.1. The van der Waals surface area contributed by atoms with Crippen LogP contribution in [0.3, 0.4) is 0 Å². The van der Waals surface area contributed by atoms with Crippen LogP contribution in [0.15, 0.2) is 35.2 Å². The van der Waals surface area contributed by atoms with Crippen molar-refractivity contribution in [3.05, 3.63) is 40.9 Å². The fraction of sp³-hybridized carbons (Fsp3) is 0.500. The van der Waals surface area contributed by atoms with Gasteiger partial charge >= 0.3 is 0 Å². The van der Waals surface area contributed by atoms with Crippen LogP contribution >= 0.6 is 11.6 Å². The van der Waals surface area contributed by atoms with Crippen molar-refractivity contribution in [1.29, 1.82) is 0 Å². The third-order valence-electron chi connectivity index (χ3n) is 6.23. The smallest absolute Gasteiger partial charge is 0.177 e. The third kappa shape index (κ3) is 5.86. The molecule has 33 heavy (non-hydrogen) atoms. The summed E-state index contributed by atoms with van der Waals surface area (Å²) in [5.41, 5.74) is 2.33. The van der Waals surface area contributed by atoms with E-state index in [-0.39, 0.29) is 10.9 Å². The van der Waals surface area contributed by atoms with Gasteiger partial charge in [-0.25, -0.2) is 8.42 Å². The van der Waals surface area contributed by atoms with E-state index in [9.17, 15) is 8.42 Å². The number of halogens is 1. The fourth-order valence-corrected chi connectivity index (χ4v) is 5.43. The van der Waals surface area contributed by atoms with Crippen molar-refractivity contribution in [2.45, 2.75) is 36.7 Å². The van der Waals surface area contributed by atoms with Crippen molar-refractivity contribution >= 4 is 32.8 Å². The van der Waals surface area contributed by atoms with Gasteiger partial charge < -0.3 is 24.6 Å². The number of rotatable bonds is 8. The number of methoxy groups -OCH3 is 2. The zero-order valence-electron chi connectivity index (χ0n) is 20.2. The van der Waals surface area contributed by atoms with Crippen LogP contribution in [-0.2, 0) is 9.84 Å². The number of benzene rings is 2. The molecule has 1 atom stereocenters. The van der Waals surface area contributed by atoms with Crippen molar-refractivity contribution in [2.75, 3.05) is 57.9 Å². The summed E-state index contributed by atoms with van der Waals surface area (Å²) >= 11 is 6.30. The molecule has 1 aliphatic heterocycles. The number of ether oxygens (including phenoxy) is 2. The molecule has 0 spiro atoms. The average molecular weight is 496 g/mol. The molecule has 0 saturated carbocycles. The molecular formula is C24H34ClN3O4S. The molecule has 1 unspecified atom stereocenters. The number of hydrogen-bond donors (Lipinski definition) is 1. The van der Waals surface area contributed by atoms with Crippen LogP contribution in [0.5, 0.6) is 11.5 Å². The minimum absolute atomic E-state index is 0.259. The van der Waals surface area contributed by atoms with Gasteiger partial charge in [0, 0.05) is 47.7 Å². The van der Waals surface area contributed by atoms with Crippen molar-refractivity contribution in [3.63, 3.8) is 0 Å². The summed E-state index contributed by atoms with van der Waals surface area (Å²) in [6.45, 7) is 3.79. The molecule has 1 heterocycles. The maximum Gasteiger partial charge on any atom is 0.177 e. The molecule has 0 amide bonds. The number of nitrogens with one attached hydrogen (secondary N) is 1. The zero-order valence-corrected chi connectivity index (χ0v) is 21.8. The van der Waals surface area contributed by atoms with E-state index in [1.807, 2.05) is 19.1 Å². The van der Waals surface area contributed by atoms with Crippen LogP contribution < -0.4 is 19.7 Å². The predicted molar refractivity (Wildman–Crippen MR) is 135 cm³/mol. The number of anilines is 2. The Bertz CT molecular complexity index is 1080. The maximum atomic E-state index is 12.5. The second-order valence-electron chi connectivity index (χ2n) is 8.73. The van der Waals surface area contributed by atoms with E-state index in [0.29, 0.717) is 28.3 Å². The van der Waals surface area contributed by atoms with Gasteiger partial charge in [-0.05, 0) is 58.1 Å². The van der Waals surface area contributed by atoms with Gasteiger partial charge in [0.1, 0.15) is 0 Å². The Morgan fingerprint density at radius 2 is 1.79 bits per heavy atom. The van der Waals surface area contributed by atoms with Crippen molar-refractivity contribution in [1.82, 2.24) is 4.90 Å². The molecule has 0 aromatic heterocycles. The highest BCUT2D eigenvalue weighted by molar-refractivity contribution is 7.90. The average Bonchev–Trinajstić information content (AvgIpc) is 2.77. The monoisotopic (exact) mass is 495 g/mol. The molecule has 7 nitrogen and oxygen atoms in total. The Morgan fingerprint density at radius 1 is 1.12 bits per heavy atom. The van der Waals surface area contributed by atoms with Crippen LogP contribution in [0, 0.1) is 0 Å². The van der Waals surface area contributed by atoms with Gasteiger partial charge in [0.05, 0.1) is 30.8 Å². The van der Waals surface area contributed by atoms with Gasteiger partial charge in [-0.1, -0.05) is 11.6 Å². The molecule has 182 valence electrons. The highest BCUT2D eigenvalue weighted by Gasteiger charge is 2.24. The van der Waals surface area contributed by atoms with Crippen molar-refractivity contribution in [3.8, 4) is 11.5 Å². The number of nitrogens with zero attached hydrogens (tertiary/aromatic N) is 2. The van der Waals surface area contributed by atoms with Gasteiger partial charge in [0.2, 0.25) is 0 Å². The van der Waals surface area contributed by atoms with E-state index in [0.717, 1.165) is 37.2 Å². The second-order valence-corrected chi connectivity index (χ2v) is 11.2. The predicted octanol–water partition coefficient (Wildman–Crippen LogP) is 4.46. The van der Waals surface area contributed by atoms with Crippen LogP contribution in [0.1, 0.15) is 31.4 Å². The molecule has 2 aromatic carbocycles. The van der Waals surface area contributed by atoms with E-state index in [2.05, 4.69) is 29.2 Å². The lowest BCUT2D eigenvalue weighted by molar-refractivity contribution is 0.249. The van der Waals surface area contributed by atoms with Crippen LogP contribution in [0.25, 0.3) is 0 Å². The summed E-state index contributed by atoms with van der Waals surface area (Å²) in [4.78, 5) is 4.84. The second kappa shape index (κ2) is 10.4. The molecule has 2 aromatic rings. The lowest BCUT2D eigenvalue weighted by Crippen LogP contribution is -2.42. The standard InChI is InChI=1S/C24H34ClN3O4S/c1-16(20-13-17(25)14-22(31-4)24(20)32-5)26-21-15-19(7-8-23(21)33(6,29)30)28-11-9-18(10-12-28)27(2)3/h7-8,13-16,18,26H,9-12H2,1-6H3. The van der Waals surface area contributed by atoms with E-state index in [1.165, 1.54) is 6.26 Å². The number of sulfone groups is 1. The quantitative estimate of drug-likeness (QED) is 0.579. The van der Waals surface area contributed by atoms with Crippen LogP contribution in [0.2, 0.25) is 5.02 Å². The first-order valence-electron chi connectivity index (χ1n) is 11.0. The molecule has 1 fully saturated rings. The van der Waals surface area contributed by atoms with Crippen LogP contribution in [-0.4, -0.2) is 67.0 Å². The molecule has 1 N–H and O–H groups in total. The molecular weight excluding hydrogens is 462 g/mol. The lowest BCUT2D eigenvalue weighted by atomic mass is 10.0. The Labute approximate surface area is 202 Å².